The van der Waals surface area contributed by atoms with Gasteiger partial charge in [0.05, 0.1) is 5.92 Å². The van der Waals surface area contributed by atoms with Gasteiger partial charge in [-0.3, -0.25) is 9.59 Å². The van der Waals surface area contributed by atoms with E-state index < -0.39 is 11.9 Å². The summed E-state index contributed by atoms with van der Waals surface area (Å²) < 4.78 is 0. The third-order valence-corrected chi connectivity index (χ3v) is 4.04. The Hall–Kier alpha value is -1.10. The van der Waals surface area contributed by atoms with Gasteiger partial charge in [0.1, 0.15) is 0 Å². The van der Waals surface area contributed by atoms with Gasteiger partial charge < -0.3 is 16.2 Å². The van der Waals surface area contributed by atoms with Gasteiger partial charge in [-0.15, -0.1) is 0 Å². The zero-order chi connectivity index (χ0) is 15.1. The summed E-state index contributed by atoms with van der Waals surface area (Å²) in [5.74, 6) is -0.597. The lowest BCUT2D eigenvalue weighted by molar-refractivity contribution is -0.144. The van der Waals surface area contributed by atoms with Gasteiger partial charge in [0, 0.05) is 12.5 Å². The third-order valence-electron chi connectivity index (χ3n) is 4.04. The zero-order valence-corrected chi connectivity index (χ0v) is 12.6. The molecule has 0 heterocycles. The Morgan fingerprint density at radius 1 is 1.30 bits per heavy atom. The Kier molecular flexibility index (Phi) is 6.99. The Morgan fingerprint density at radius 3 is 2.50 bits per heavy atom. The number of amides is 1. The van der Waals surface area contributed by atoms with Crippen molar-refractivity contribution in [1.29, 1.82) is 0 Å². The molecule has 1 fully saturated rings. The maximum Gasteiger partial charge on any atom is 0.308 e. The monoisotopic (exact) mass is 284 g/mol. The molecule has 1 aliphatic rings. The lowest BCUT2D eigenvalue weighted by Gasteiger charge is -2.29. The number of nitrogens with one attached hydrogen (secondary N) is 1. The molecule has 116 valence electrons. The van der Waals surface area contributed by atoms with Gasteiger partial charge in [-0.25, -0.2) is 0 Å². The summed E-state index contributed by atoms with van der Waals surface area (Å²) in [6.07, 6.45) is 4.67. The van der Waals surface area contributed by atoms with Crippen molar-refractivity contribution < 1.29 is 14.7 Å². The second kappa shape index (κ2) is 8.25. The zero-order valence-electron chi connectivity index (χ0n) is 12.6. The van der Waals surface area contributed by atoms with Crippen LogP contribution in [0.2, 0.25) is 0 Å². The third kappa shape index (κ3) is 5.49. The van der Waals surface area contributed by atoms with Crippen LogP contribution in [0.4, 0.5) is 0 Å². The van der Waals surface area contributed by atoms with Crippen LogP contribution in [0.5, 0.6) is 0 Å². The van der Waals surface area contributed by atoms with Gasteiger partial charge in [0.2, 0.25) is 5.91 Å². The molecule has 3 atom stereocenters. The fourth-order valence-electron chi connectivity index (χ4n) is 3.06. The molecule has 0 aromatic carbocycles. The fourth-order valence-corrected chi connectivity index (χ4v) is 3.06. The van der Waals surface area contributed by atoms with Crippen LogP contribution in [-0.2, 0) is 9.59 Å². The Morgan fingerprint density at radius 2 is 1.95 bits per heavy atom. The van der Waals surface area contributed by atoms with Crippen molar-refractivity contribution in [1.82, 2.24) is 5.32 Å². The maximum absolute atomic E-state index is 12.1. The van der Waals surface area contributed by atoms with Crippen molar-refractivity contribution in [2.45, 2.75) is 58.4 Å². The highest BCUT2D eigenvalue weighted by atomic mass is 16.4. The predicted molar refractivity (Wildman–Crippen MR) is 78.1 cm³/mol. The molecule has 0 radical (unpaired) electrons. The van der Waals surface area contributed by atoms with Crippen LogP contribution >= 0.6 is 0 Å². The van der Waals surface area contributed by atoms with E-state index in [0.29, 0.717) is 25.3 Å². The van der Waals surface area contributed by atoms with Crippen molar-refractivity contribution in [3.63, 3.8) is 0 Å². The number of rotatable bonds is 7. The van der Waals surface area contributed by atoms with Gasteiger partial charge in [-0.05, 0) is 37.6 Å². The standard InChI is InChI=1S/C15H28N2O3/c1-10(2)7-11(9-16)8-14(18)17-13-6-4-3-5-12(13)15(19)20/h10-13H,3-9,16H2,1-2H3,(H,17,18)(H,19,20). The highest BCUT2D eigenvalue weighted by molar-refractivity contribution is 5.78. The Bertz CT molecular complexity index is 331. The fraction of sp³-hybridized carbons (Fsp3) is 0.867. The minimum absolute atomic E-state index is 0.0563. The summed E-state index contributed by atoms with van der Waals surface area (Å²) in [6, 6.07) is -0.216. The first-order valence-corrected chi connectivity index (χ1v) is 7.66. The molecule has 1 amide bonds. The summed E-state index contributed by atoms with van der Waals surface area (Å²) in [7, 11) is 0. The van der Waals surface area contributed by atoms with E-state index in [2.05, 4.69) is 19.2 Å². The van der Waals surface area contributed by atoms with Crippen molar-refractivity contribution in [3.05, 3.63) is 0 Å². The molecule has 1 rings (SSSR count). The quantitative estimate of drug-likeness (QED) is 0.664. The number of carboxylic acid groups (broad SMARTS) is 1. The van der Waals surface area contributed by atoms with Crippen LogP contribution in [0.15, 0.2) is 0 Å². The number of aliphatic carboxylic acids is 1. The minimum Gasteiger partial charge on any atom is -0.481 e. The van der Waals surface area contributed by atoms with E-state index in [1.54, 1.807) is 0 Å². The lowest BCUT2D eigenvalue weighted by atomic mass is 9.84. The minimum atomic E-state index is -0.799. The van der Waals surface area contributed by atoms with Gasteiger partial charge in [0.15, 0.2) is 0 Å². The van der Waals surface area contributed by atoms with Crippen LogP contribution < -0.4 is 11.1 Å². The largest absolute Gasteiger partial charge is 0.481 e. The number of carbonyl (C=O) groups excluding carboxylic acids is 1. The summed E-state index contributed by atoms with van der Waals surface area (Å²) in [5.41, 5.74) is 5.70. The van der Waals surface area contributed by atoms with Gasteiger partial charge in [-0.1, -0.05) is 26.7 Å². The molecular weight excluding hydrogens is 256 g/mol. The highest BCUT2D eigenvalue weighted by Crippen LogP contribution is 2.25. The number of hydrogen-bond acceptors (Lipinski definition) is 3. The van der Waals surface area contributed by atoms with Crippen LogP contribution in [0.1, 0.15) is 52.4 Å². The molecule has 0 spiro atoms. The van der Waals surface area contributed by atoms with E-state index in [1.807, 2.05) is 0 Å². The molecule has 0 aromatic rings. The van der Waals surface area contributed by atoms with Crippen LogP contribution in [0.3, 0.4) is 0 Å². The first kappa shape index (κ1) is 17.0. The molecule has 20 heavy (non-hydrogen) atoms. The summed E-state index contributed by atoms with van der Waals surface area (Å²) in [5, 5.41) is 12.1. The average Bonchev–Trinajstić information content (AvgIpc) is 2.37. The normalized spacial score (nSPS) is 24.4. The molecule has 5 heteroatoms. The average molecular weight is 284 g/mol. The highest BCUT2D eigenvalue weighted by Gasteiger charge is 2.32. The molecule has 0 aliphatic heterocycles. The number of nitrogens with two attached hydrogens (primary N) is 1. The van der Waals surface area contributed by atoms with E-state index in [9.17, 15) is 14.7 Å². The molecule has 0 saturated heterocycles. The van der Waals surface area contributed by atoms with E-state index in [0.717, 1.165) is 25.7 Å². The maximum atomic E-state index is 12.1. The summed E-state index contributed by atoms with van der Waals surface area (Å²) in [6.45, 7) is 4.73. The first-order chi connectivity index (χ1) is 9.43. The van der Waals surface area contributed by atoms with Gasteiger partial charge >= 0.3 is 5.97 Å². The molecule has 0 bridgehead atoms. The van der Waals surface area contributed by atoms with Crippen molar-refractivity contribution in [2.75, 3.05) is 6.54 Å². The van der Waals surface area contributed by atoms with Crippen LogP contribution in [0, 0.1) is 17.8 Å². The van der Waals surface area contributed by atoms with E-state index in [4.69, 9.17) is 5.73 Å². The molecule has 5 nitrogen and oxygen atoms in total. The second-order valence-corrected chi connectivity index (χ2v) is 6.34. The number of carbonyl (C=O) groups is 2. The van der Waals surface area contributed by atoms with Crippen LogP contribution in [-0.4, -0.2) is 29.6 Å². The molecule has 4 N–H and O–H groups in total. The van der Waals surface area contributed by atoms with E-state index in [-0.39, 0.29) is 17.9 Å². The molecule has 3 unspecified atom stereocenters. The smallest absolute Gasteiger partial charge is 0.308 e. The molecular formula is C15H28N2O3. The Balaban J connectivity index is 2.48. The topological polar surface area (TPSA) is 92.4 Å². The SMILES string of the molecule is CC(C)CC(CN)CC(=O)NC1CCCCC1C(=O)O. The van der Waals surface area contributed by atoms with E-state index >= 15 is 0 Å². The van der Waals surface area contributed by atoms with Crippen molar-refractivity contribution in [3.8, 4) is 0 Å². The van der Waals surface area contributed by atoms with Gasteiger partial charge in [-0.2, -0.15) is 0 Å². The van der Waals surface area contributed by atoms with Crippen LogP contribution in [0.25, 0.3) is 0 Å². The van der Waals surface area contributed by atoms with Crippen molar-refractivity contribution in [2.24, 2.45) is 23.5 Å². The number of hydrogen-bond donors (Lipinski definition) is 3. The predicted octanol–water partition coefficient (Wildman–Crippen LogP) is 1.76. The molecule has 1 aliphatic carbocycles. The Labute approximate surface area is 121 Å². The first-order valence-electron chi connectivity index (χ1n) is 7.66. The van der Waals surface area contributed by atoms with Gasteiger partial charge in [0.25, 0.3) is 0 Å². The lowest BCUT2D eigenvalue weighted by Crippen LogP contribution is -2.45. The second-order valence-electron chi connectivity index (χ2n) is 6.34. The van der Waals surface area contributed by atoms with Crippen molar-refractivity contribution >= 4 is 11.9 Å². The number of carboxylic acids is 1. The molecule has 1 saturated carbocycles. The summed E-state index contributed by atoms with van der Waals surface area (Å²) in [4.78, 5) is 23.3. The summed E-state index contributed by atoms with van der Waals surface area (Å²) >= 11 is 0. The van der Waals surface area contributed by atoms with E-state index in [1.165, 1.54) is 0 Å². The molecule has 0 aromatic heterocycles.